The second kappa shape index (κ2) is 5.45. The number of alkyl halides is 1. The number of carbonyl (C=O) groups excluding carboxylic acids is 1. The molecule has 0 saturated carbocycles. The first-order valence-electron chi connectivity index (χ1n) is 6.56. The van der Waals surface area contributed by atoms with Gasteiger partial charge in [0.25, 0.3) is 5.91 Å². The number of nitrogens with one attached hydrogen (secondary N) is 1. The van der Waals surface area contributed by atoms with Crippen molar-refractivity contribution in [3.05, 3.63) is 70.3 Å². The summed E-state index contributed by atoms with van der Waals surface area (Å²) >= 11 is 6.29. The van der Waals surface area contributed by atoms with Gasteiger partial charge >= 0.3 is 0 Å². The predicted molar refractivity (Wildman–Crippen MR) is 76.5 cm³/mol. The van der Waals surface area contributed by atoms with Crippen LogP contribution in [-0.2, 0) is 6.42 Å². The van der Waals surface area contributed by atoms with Crippen molar-refractivity contribution in [1.82, 2.24) is 5.32 Å². The summed E-state index contributed by atoms with van der Waals surface area (Å²) in [6.07, 6.45) is 0.763. The quantitative estimate of drug-likeness (QED) is 0.844. The van der Waals surface area contributed by atoms with E-state index >= 15 is 0 Å². The van der Waals surface area contributed by atoms with Gasteiger partial charge in [-0.25, -0.2) is 8.78 Å². The molecule has 1 amide bonds. The van der Waals surface area contributed by atoms with Crippen LogP contribution in [0.3, 0.4) is 0 Å². The molecule has 0 saturated heterocycles. The monoisotopic (exact) mass is 307 g/mol. The summed E-state index contributed by atoms with van der Waals surface area (Å²) in [6, 6.07) is 8.57. The van der Waals surface area contributed by atoms with Crippen molar-refractivity contribution in [3.8, 4) is 0 Å². The summed E-state index contributed by atoms with van der Waals surface area (Å²) in [5.41, 5.74) is 2.31. The van der Waals surface area contributed by atoms with E-state index in [1.54, 1.807) is 12.1 Å². The smallest absolute Gasteiger partial charge is 0.251 e. The minimum Gasteiger partial charge on any atom is -0.352 e. The van der Waals surface area contributed by atoms with Crippen LogP contribution in [0, 0.1) is 11.6 Å². The predicted octanol–water partition coefficient (Wildman–Crippen LogP) is 3.58. The third-order valence-electron chi connectivity index (χ3n) is 3.59. The molecule has 108 valence electrons. The van der Waals surface area contributed by atoms with Gasteiger partial charge in [-0.05, 0) is 29.7 Å². The molecule has 2 aromatic carbocycles. The number of rotatable bonds is 2. The van der Waals surface area contributed by atoms with Crippen LogP contribution in [0.25, 0.3) is 0 Å². The third-order valence-corrected chi connectivity index (χ3v) is 4.07. The molecule has 0 aromatic heterocycles. The molecular formula is C16H12ClF2NO. The van der Waals surface area contributed by atoms with Crippen molar-refractivity contribution >= 4 is 17.5 Å². The van der Waals surface area contributed by atoms with Gasteiger partial charge in [0.1, 0.15) is 11.6 Å². The lowest BCUT2D eigenvalue weighted by Gasteiger charge is -2.19. The van der Waals surface area contributed by atoms with E-state index in [9.17, 15) is 13.6 Å². The molecule has 2 aromatic rings. The Morgan fingerprint density at radius 1 is 1.14 bits per heavy atom. The van der Waals surface area contributed by atoms with E-state index in [0.29, 0.717) is 17.7 Å². The number of hydrogen-bond acceptors (Lipinski definition) is 1. The van der Waals surface area contributed by atoms with Gasteiger partial charge in [0, 0.05) is 23.7 Å². The maximum Gasteiger partial charge on any atom is 0.251 e. The Morgan fingerprint density at radius 3 is 2.71 bits per heavy atom. The third kappa shape index (κ3) is 2.63. The lowest BCUT2D eigenvalue weighted by molar-refractivity contribution is 0.0946. The van der Waals surface area contributed by atoms with E-state index in [1.165, 1.54) is 12.1 Å². The zero-order valence-electron chi connectivity index (χ0n) is 11.0. The molecule has 1 atom stereocenters. The Kier molecular flexibility index (Phi) is 3.64. The number of benzene rings is 2. The average molecular weight is 308 g/mol. The van der Waals surface area contributed by atoms with Crippen LogP contribution >= 0.6 is 11.6 Å². The van der Waals surface area contributed by atoms with Crippen LogP contribution in [0.5, 0.6) is 0 Å². The molecule has 0 aliphatic carbocycles. The van der Waals surface area contributed by atoms with E-state index < -0.39 is 17.0 Å². The number of halogens is 3. The van der Waals surface area contributed by atoms with E-state index in [1.807, 2.05) is 6.07 Å². The Hall–Kier alpha value is -1.94. The topological polar surface area (TPSA) is 29.1 Å². The van der Waals surface area contributed by atoms with Gasteiger partial charge in [-0.2, -0.15) is 0 Å². The van der Waals surface area contributed by atoms with Crippen molar-refractivity contribution in [1.29, 1.82) is 0 Å². The fourth-order valence-corrected chi connectivity index (χ4v) is 2.79. The largest absolute Gasteiger partial charge is 0.352 e. The molecule has 1 aliphatic heterocycles. The van der Waals surface area contributed by atoms with Gasteiger partial charge < -0.3 is 5.32 Å². The molecule has 21 heavy (non-hydrogen) atoms. The normalized spacial score (nSPS) is 15.3. The minimum atomic E-state index is -0.773. The van der Waals surface area contributed by atoms with Crippen molar-refractivity contribution < 1.29 is 13.6 Å². The molecular weight excluding hydrogens is 296 g/mol. The van der Waals surface area contributed by atoms with Gasteiger partial charge in [0.15, 0.2) is 0 Å². The number of carbonyl (C=O) groups is 1. The standard InChI is InChI=1S/C16H12ClF2NO/c17-15(12-4-3-11(18)8-14(12)19)10-2-1-9-5-6-20-16(21)13(9)7-10/h1-4,7-8,15H,5-6H2,(H,20,21). The summed E-state index contributed by atoms with van der Waals surface area (Å²) in [5.74, 6) is -1.50. The molecule has 0 bridgehead atoms. The van der Waals surface area contributed by atoms with Crippen molar-refractivity contribution in [2.45, 2.75) is 11.8 Å². The maximum atomic E-state index is 13.8. The molecule has 0 spiro atoms. The van der Waals surface area contributed by atoms with Gasteiger partial charge in [-0.1, -0.05) is 18.2 Å². The van der Waals surface area contributed by atoms with E-state index in [4.69, 9.17) is 11.6 Å². The Morgan fingerprint density at radius 2 is 1.95 bits per heavy atom. The Bertz CT molecular complexity index is 717. The van der Waals surface area contributed by atoms with E-state index in [2.05, 4.69) is 5.32 Å². The van der Waals surface area contributed by atoms with Crippen molar-refractivity contribution in [2.24, 2.45) is 0 Å². The number of amides is 1. The second-order valence-corrected chi connectivity index (χ2v) is 5.39. The zero-order chi connectivity index (χ0) is 15.0. The number of hydrogen-bond donors (Lipinski definition) is 1. The molecule has 3 rings (SSSR count). The highest BCUT2D eigenvalue weighted by atomic mass is 35.5. The van der Waals surface area contributed by atoms with E-state index in [0.717, 1.165) is 18.1 Å². The van der Waals surface area contributed by atoms with Crippen LogP contribution in [0.1, 0.15) is 32.4 Å². The van der Waals surface area contributed by atoms with E-state index in [-0.39, 0.29) is 11.5 Å². The summed E-state index contributed by atoms with van der Waals surface area (Å²) in [6.45, 7) is 0.613. The zero-order valence-corrected chi connectivity index (χ0v) is 11.8. The average Bonchev–Trinajstić information content (AvgIpc) is 2.47. The summed E-state index contributed by atoms with van der Waals surface area (Å²) in [5, 5.41) is 1.98. The Balaban J connectivity index is 2.00. The highest BCUT2D eigenvalue weighted by molar-refractivity contribution is 6.22. The van der Waals surface area contributed by atoms with Crippen LogP contribution in [0.4, 0.5) is 8.78 Å². The fourth-order valence-electron chi connectivity index (χ4n) is 2.47. The maximum absolute atomic E-state index is 13.8. The molecule has 0 fully saturated rings. The molecule has 2 nitrogen and oxygen atoms in total. The van der Waals surface area contributed by atoms with Crippen LogP contribution < -0.4 is 5.32 Å². The first kappa shape index (κ1) is 14.0. The molecule has 5 heteroatoms. The van der Waals surface area contributed by atoms with Crippen molar-refractivity contribution in [3.63, 3.8) is 0 Å². The first-order valence-corrected chi connectivity index (χ1v) is 7.00. The van der Waals surface area contributed by atoms with Gasteiger partial charge in [-0.15, -0.1) is 11.6 Å². The number of fused-ring (bicyclic) bond motifs is 1. The molecule has 1 N–H and O–H groups in total. The second-order valence-electron chi connectivity index (χ2n) is 4.95. The first-order chi connectivity index (χ1) is 10.1. The summed E-state index contributed by atoms with van der Waals surface area (Å²) in [4.78, 5) is 11.8. The lowest BCUT2D eigenvalue weighted by Crippen LogP contribution is -2.31. The summed E-state index contributed by atoms with van der Waals surface area (Å²) in [7, 11) is 0. The summed E-state index contributed by atoms with van der Waals surface area (Å²) < 4.78 is 26.8. The highest BCUT2D eigenvalue weighted by Crippen LogP contribution is 2.32. The molecule has 1 heterocycles. The Labute approximate surface area is 125 Å². The van der Waals surface area contributed by atoms with Crippen LogP contribution in [0.2, 0.25) is 0 Å². The minimum absolute atomic E-state index is 0.151. The SMILES string of the molecule is O=C1NCCc2ccc(C(Cl)c3ccc(F)cc3F)cc21. The van der Waals surface area contributed by atoms with Gasteiger partial charge in [0.2, 0.25) is 0 Å². The van der Waals surface area contributed by atoms with Gasteiger partial charge in [0.05, 0.1) is 5.38 Å². The molecule has 1 aliphatic rings. The van der Waals surface area contributed by atoms with Crippen molar-refractivity contribution in [2.75, 3.05) is 6.54 Å². The van der Waals surface area contributed by atoms with Crippen LogP contribution in [0.15, 0.2) is 36.4 Å². The lowest BCUT2D eigenvalue weighted by atomic mass is 9.95. The molecule has 0 radical (unpaired) electrons. The highest BCUT2D eigenvalue weighted by Gasteiger charge is 2.21. The van der Waals surface area contributed by atoms with Crippen LogP contribution in [-0.4, -0.2) is 12.5 Å². The van der Waals surface area contributed by atoms with Gasteiger partial charge in [-0.3, -0.25) is 4.79 Å². The fraction of sp³-hybridized carbons (Fsp3) is 0.188. The molecule has 1 unspecified atom stereocenters.